The van der Waals surface area contributed by atoms with Gasteiger partial charge in [0.05, 0.1) is 0 Å². The molecular weight excluding hydrogens is 264 g/mol. The summed E-state index contributed by atoms with van der Waals surface area (Å²) in [5.74, 6) is 0.311. The van der Waals surface area contributed by atoms with Crippen molar-refractivity contribution in [1.29, 1.82) is 0 Å². The van der Waals surface area contributed by atoms with E-state index < -0.39 is 5.97 Å². The molecule has 120 valence electrons. The standard InChI is InChI=1S/C17H30N2O2/c20-17(21)16-7-4-10-19(16)15-8-11-18(12-9-15)13-14-5-2-1-3-6-14/h14-16H,1-13H2,(H,20,21). The molecule has 3 fully saturated rings. The van der Waals surface area contributed by atoms with Crippen molar-refractivity contribution in [2.24, 2.45) is 5.92 Å². The molecule has 0 radical (unpaired) electrons. The molecule has 4 heteroatoms. The van der Waals surface area contributed by atoms with Crippen LogP contribution in [0.4, 0.5) is 0 Å². The van der Waals surface area contributed by atoms with Gasteiger partial charge in [-0.2, -0.15) is 0 Å². The molecular formula is C17H30N2O2. The van der Waals surface area contributed by atoms with Crippen molar-refractivity contribution in [3.8, 4) is 0 Å². The van der Waals surface area contributed by atoms with Crippen LogP contribution in [-0.4, -0.2) is 59.1 Å². The van der Waals surface area contributed by atoms with Gasteiger partial charge in [-0.3, -0.25) is 9.69 Å². The average molecular weight is 294 g/mol. The summed E-state index contributed by atoms with van der Waals surface area (Å²) in [6.07, 6.45) is 11.4. The van der Waals surface area contributed by atoms with Crippen LogP contribution in [0.1, 0.15) is 57.8 Å². The lowest BCUT2D eigenvalue weighted by Gasteiger charge is -2.39. The topological polar surface area (TPSA) is 43.8 Å². The lowest BCUT2D eigenvalue weighted by atomic mass is 9.88. The fraction of sp³-hybridized carbons (Fsp3) is 0.941. The first-order valence-electron chi connectivity index (χ1n) is 8.95. The molecule has 2 heterocycles. The third kappa shape index (κ3) is 3.78. The Morgan fingerprint density at radius 3 is 2.29 bits per heavy atom. The van der Waals surface area contributed by atoms with Crippen molar-refractivity contribution in [1.82, 2.24) is 9.80 Å². The summed E-state index contributed by atoms with van der Waals surface area (Å²) in [6.45, 7) is 4.62. The van der Waals surface area contributed by atoms with E-state index in [2.05, 4.69) is 9.80 Å². The molecule has 2 saturated heterocycles. The normalized spacial score (nSPS) is 30.8. The molecule has 0 aromatic carbocycles. The average Bonchev–Trinajstić information content (AvgIpc) is 2.99. The van der Waals surface area contributed by atoms with Crippen LogP contribution >= 0.6 is 0 Å². The summed E-state index contributed by atoms with van der Waals surface area (Å²) in [5, 5.41) is 9.33. The van der Waals surface area contributed by atoms with E-state index in [-0.39, 0.29) is 6.04 Å². The van der Waals surface area contributed by atoms with E-state index in [9.17, 15) is 9.90 Å². The van der Waals surface area contributed by atoms with Gasteiger partial charge >= 0.3 is 5.97 Å². The van der Waals surface area contributed by atoms with Gasteiger partial charge in [-0.1, -0.05) is 19.3 Å². The van der Waals surface area contributed by atoms with Crippen LogP contribution in [0.15, 0.2) is 0 Å². The number of rotatable bonds is 4. The number of piperidine rings is 1. The zero-order chi connectivity index (χ0) is 14.7. The number of hydrogen-bond acceptors (Lipinski definition) is 3. The minimum atomic E-state index is -0.614. The lowest BCUT2D eigenvalue weighted by Crippen LogP contribution is -2.49. The van der Waals surface area contributed by atoms with Gasteiger partial charge in [0.15, 0.2) is 0 Å². The van der Waals surface area contributed by atoms with E-state index in [1.807, 2.05) is 0 Å². The summed E-state index contributed by atoms with van der Waals surface area (Å²) >= 11 is 0. The quantitative estimate of drug-likeness (QED) is 0.865. The van der Waals surface area contributed by atoms with Gasteiger partial charge in [-0.15, -0.1) is 0 Å². The number of hydrogen-bond donors (Lipinski definition) is 1. The monoisotopic (exact) mass is 294 g/mol. The number of carbonyl (C=O) groups is 1. The van der Waals surface area contributed by atoms with Crippen molar-refractivity contribution in [2.75, 3.05) is 26.2 Å². The highest BCUT2D eigenvalue weighted by Crippen LogP contribution is 2.28. The van der Waals surface area contributed by atoms with Gasteiger partial charge in [0.25, 0.3) is 0 Å². The summed E-state index contributed by atoms with van der Waals surface area (Å²) in [6, 6.07) is 0.302. The fourth-order valence-corrected chi connectivity index (χ4v) is 4.66. The second kappa shape index (κ2) is 7.10. The molecule has 0 bridgehead atoms. The van der Waals surface area contributed by atoms with Crippen molar-refractivity contribution >= 4 is 5.97 Å². The molecule has 0 aromatic heterocycles. The summed E-state index contributed by atoms with van der Waals surface area (Å²) in [5.41, 5.74) is 0. The van der Waals surface area contributed by atoms with Crippen molar-refractivity contribution in [2.45, 2.75) is 69.9 Å². The Kier molecular flexibility index (Phi) is 5.17. The molecule has 1 aliphatic carbocycles. The van der Waals surface area contributed by atoms with Crippen LogP contribution < -0.4 is 0 Å². The highest BCUT2D eigenvalue weighted by atomic mass is 16.4. The molecule has 0 amide bonds. The zero-order valence-electron chi connectivity index (χ0n) is 13.2. The van der Waals surface area contributed by atoms with Gasteiger partial charge < -0.3 is 10.0 Å². The van der Waals surface area contributed by atoms with Gasteiger partial charge in [0.1, 0.15) is 6.04 Å². The van der Waals surface area contributed by atoms with E-state index in [4.69, 9.17) is 0 Å². The highest BCUT2D eigenvalue weighted by molar-refractivity contribution is 5.73. The number of likely N-dealkylation sites (tertiary alicyclic amines) is 2. The molecule has 1 saturated carbocycles. The lowest BCUT2D eigenvalue weighted by molar-refractivity contribution is -0.143. The zero-order valence-corrected chi connectivity index (χ0v) is 13.2. The van der Waals surface area contributed by atoms with Gasteiger partial charge in [0, 0.05) is 12.6 Å². The van der Waals surface area contributed by atoms with Crippen LogP contribution in [-0.2, 0) is 4.79 Å². The van der Waals surface area contributed by atoms with Gasteiger partial charge in [-0.05, 0) is 64.1 Å². The third-order valence-corrected chi connectivity index (χ3v) is 5.85. The number of aliphatic carboxylic acids is 1. The van der Waals surface area contributed by atoms with E-state index in [0.29, 0.717) is 6.04 Å². The molecule has 1 atom stereocenters. The summed E-state index contributed by atoms with van der Waals surface area (Å²) < 4.78 is 0. The summed E-state index contributed by atoms with van der Waals surface area (Å²) in [4.78, 5) is 16.2. The maximum atomic E-state index is 11.3. The second-order valence-corrected chi connectivity index (χ2v) is 7.27. The Bertz CT molecular complexity index is 347. The number of carboxylic acids is 1. The molecule has 1 N–H and O–H groups in total. The largest absolute Gasteiger partial charge is 0.480 e. The minimum Gasteiger partial charge on any atom is -0.480 e. The number of nitrogens with zero attached hydrogens (tertiary/aromatic N) is 2. The molecule has 2 aliphatic heterocycles. The first-order valence-corrected chi connectivity index (χ1v) is 8.95. The van der Waals surface area contributed by atoms with Crippen LogP contribution in [0.5, 0.6) is 0 Å². The minimum absolute atomic E-state index is 0.208. The Morgan fingerprint density at radius 1 is 0.905 bits per heavy atom. The van der Waals surface area contributed by atoms with Crippen LogP contribution in [0.25, 0.3) is 0 Å². The Balaban J connectivity index is 1.45. The van der Waals surface area contributed by atoms with E-state index >= 15 is 0 Å². The Morgan fingerprint density at radius 2 is 1.62 bits per heavy atom. The molecule has 0 spiro atoms. The smallest absolute Gasteiger partial charge is 0.320 e. The molecule has 21 heavy (non-hydrogen) atoms. The van der Waals surface area contributed by atoms with E-state index in [0.717, 1.165) is 38.1 Å². The third-order valence-electron chi connectivity index (χ3n) is 5.85. The predicted molar refractivity (Wildman–Crippen MR) is 83.4 cm³/mol. The van der Waals surface area contributed by atoms with Crippen molar-refractivity contribution in [3.63, 3.8) is 0 Å². The first kappa shape index (κ1) is 15.3. The molecule has 1 unspecified atom stereocenters. The molecule has 3 aliphatic rings. The fourth-order valence-electron chi connectivity index (χ4n) is 4.66. The van der Waals surface area contributed by atoms with Gasteiger partial charge in [-0.25, -0.2) is 0 Å². The SMILES string of the molecule is O=C(O)C1CCCN1C1CCN(CC2CCCCC2)CC1. The van der Waals surface area contributed by atoms with Crippen LogP contribution in [0.2, 0.25) is 0 Å². The Labute approximate surface area is 128 Å². The van der Waals surface area contributed by atoms with Crippen LogP contribution in [0.3, 0.4) is 0 Å². The Hall–Kier alpha value is -0.610. The van der Waals surface area contributed by atoms with Crippen molar-refractivity contribution in [3.05, 3.63) is 0 Å². The molecule has 0 aromatic rings. The van der Waals surface area contributed by atoms with Gasteiger partial charge in [0.2, 0.25) is 0 Å². The van der Waals surface area contributed by atoms with Crippen molar-refractivity contribution < 1.29 is 9.90 Å². The van der Waals surface area contributed by atoms with Crippen LogP contribution in [0, 0.1) is 5.92 Å². The molecule has 4 nitrogen and oxygen atoms in total. The predicted octanol–water partition coefficient (Wildman–Crippen LogP) is 2.58. The van der Waals surface area contributed by atoms with E-state index in [1.54, 1.807) is 0 Å². The number of carboxylic acid groups (broad SMARTS) is 1. The maximum Gasteiger partial charge on any atom is 0.320 e. The van der Waals surface area contributed by atoms with E-state index in [1.165, 1.54) is 51.7 Å². The summed E-state index contributed by atoms with van der Waals surface area (Å²) in [7, 11) is 0. The molecule has 3 rings (SSSR count). The highest BCUT2D eigenvalue weighted by Gasteiger charge is 2.36. The maximum absolute atomic E-state index is 11.3. The first-order chi connectivity index (χ1) is 10.2. The second-order valence-electron chi connectivity index (χ2n) is 7.27.